The van der Waals surface area contributed by atoms with Crippen molar-refractivity contribution in [1.82, 2.24) is 14.9 Å². The third kappa shape index (κ3) is 5.20. The lowest BCUT2D eigenvalue weighted by atomic mass is 10.1. The molecule has 2 aromatic carbocycles. The van der Waals surface area contributed by atoms with E-state index in [-0.39, 0.29) is 13.0 Å². The molecular weight excluding hydrogens is 358 g/mol. The highest BCUT2D eigenvalue weighted by Crippen LogP contribution is 2.10. The van der Waals surface area contributed by atoms with Gasteiger partial charge in [-0.1, -0.05) is 48.5 Å². The van der Waals surface area contributed by atoms with Gasteiger partial charge in [-0.15, -0.1) is 0 Å². The second kappa shape index (κ2) is 9.36. The number of nitrogens with zero attached hydrogens (tertiary/aromatic N) is 2. The molecule has 0 aliphatic carbocycles. The maximum atomic E-state index is 12.1. The quantitative estimate of drug-likeness (QED) is 0.638. The van der Waals surface area contributed by atoms with Gasteiger partial charge in [-0.25, -0.2) is 14.6 Å². The summed E-state index contributed by atoms with van der Waals surface area (Å²) in [7, 11) is 1.27. The maximum absolute atomic E-state index is 12.1. The highest BCUT2D eigenvalue weighted by molar-refractivity contribution is 5.81. The Morgan fingerprint density at radius 2 is 1.75 bits per heavy atom. The van der Waals surface area contributed by atoms with Crippen LogP contribution in [-0.4, -0.2) is 34.8 Å². The van der Waals surface area contributed by atoms with Gasteiger partial charge in [0.25, 0.3) is 0 Å². The Morgan fingerprint density at radius 1 is 1.07 bits per heavy atom. The van der Waals surface area contributed by atoms with Crippen LogP contribution in [0.5, 0.6) is 0 Å². The molecule has 1 heterocycles. The van der Waals surface area contributed by atoms with Crippen LogP contribution in [0.4, 0.5) is 4.79 Å². The van der Waals surface area contributed by atoms with Crippen molar-refractivity contribution in [2.45, 2.75) is 19.1 Å². The Labute approximate surface area is 162 Å². The van der Waals surface area contributed by atoms with E-state index in [0.717, 1.165) is 11.3 Å². The van der Waals surface area contributed by atoms with Crippen molar-refractivity contribution in [2.75, 3.05) is 7.11 Å². The number of carbonyl (C=O) groups is 2. The molecule has 0 saturated heterocycles. The first-order chi connectivity index (χ1) is 13.7. The van der Waals surface area contributed by atoms with Crippen LogP contribution in [0.3, 0.4) is 0 Å². The van der Waals surface area contributed by atoms with Gasteiger partial charge < -0.3 is 19.4 Å². The molecule has 144 valence electrons. The Hall–Kier alpha value is -3.61. The second-order valence-corrected chi connectivity index (χ2v) is 6.09. The lowest BCUT2D eigenvalue weighted by Crippen LogP contribution is -2.43. The van der Waals surface area contributed by atoms with Gasteiger partial charge >= 0.3 is 12.1 Å². The van der Waals surface area contributed by atoms with Gasteiger partial charge in [0.2, 0.25) is 0 Å². The van der Waals surface area contributed by atoms with Crippen LogP contribution in [0.15, 0.2) is 73.2 Å². The average molecular weight is 379 g/mol. The zero-order valence-electron chi connectivity index (χ0n) is 15.4. The molecule has 7 heteroatoms. The van der Waals surface area contributed by atoms with Crippen LogP contribution in [0.2, 0.25) is 0 Å². The summed E-state index contributed by atoms with van der Waals surface area (Å²) >= 11 is 0. The van der Waals surface area contributed by atoms with Crippen molar-refractivity contribution >= 4 is 12.1 Å². The number of para-hydroxylation sites is 1. The Kier molecular flexibility index (Phi) is 6.41. The topological polar surface area (TPSA) is 82.5 Å². The van der Waals surface area contributed by atoms with Crippen LogP contribution in [-0.2, 0) is 27.3 Å². The van der Waals surface area contributed by atoms with Crippen molar-refractivity contribution in [2.24, 2.45) is 0 Å². The SMILES string of the molecule is COC(=O)[C@H](Cc1cn(-c2ccccc2)cn1)NC(=O)OCc1ccccc1. The van der Waals surface area contributed by atoms with Crippen molar-refractivity contribution in [3.63, 3.8) is 0 Å². The van der Waals surface area contributed by atoms with Crippen molar-refractivity contribution < 1.29 is 19.1 Å². The maximum Gasteiger partial charge on any atom is 0.408 e. The Bertz CT molecular complexity index is 910. The van der Waals surface area contributed by atoms with Gasteiger partial charge in [-0.2, -0.15) is 0 Å². The van der Waals surface area contributed by atoms with E-state index in [9.17, 15) is 9.59 Å². The summed E-state index contributed by atoms with van der Waals surface area (Å²) in [5.41, 5.74) is 2.45. The third-order valence-electron chi connectivity index (χ3n) is 4.09. The standard InChI is InChI=1S/C21H21N3O4/c1-27-20(25)19(23-21(26)28-14-16-8-4-2-5-9-16)12-17-13-24(15-22-17)18-10-6-3-7-11-18/h2-11,13,15,19H,12,14H2,1H3,(H,23,26)/t19-/m0/s1. The van der Waals surface area contributed by atoms with Gasteiger partial charge in [0.15, 0.2) is 0 Å². The van der Waals surface area contributed by atoms with Crippen molar-refractivity contribution in [1.29, 1.82) is 0 Å². The summed E-state index contributed by atoms with van der Waals surface area (Å²) in [5.74, 6) is -0.564. The number of benzene rings is 2. The molecule has 0 radical (unpaired) electrons. The number of hydrogen-bond donors (Lipinski definition) is 1. The summed E-state index contributed by atoms with van der Waals surface area (Å²) in [6.07, 6.45) is 2.96. The first-order valence-electron chi connectivity index (χ1n) is 8.79. The number of alkyl carbamates (subject to hydrolysis) is 1. The van der Waals surface area contributed by atoms with Crippen molar-refractivity contribution in [3.8, 4) is 5.69 Å². The first kappa shape index (κ1) is 19.2. The normalized spacial score (nSPS) is 11.5. The molecule has 1 N–H and O–H groups in total. The number of amides is 1. The summed E-state index contributed by atoms with van der Waals surface area (Å²) < 4.78 is 11.8. The molecule has 0 saturated carbocycles. The van der Waals surface area contributed by atoms with E-state index in [1.807, 2.05) is 71.4 Å². The van der Waals surface area contributed by atoms with Gasteiger partial charge in [0, 0.05) is 18.3 Å². The first-order valence-corrected chi connectivity index (χ1v) is 8.79. The minimum Gasteiger partial charge on any atom is -0.467 e. The molecule has 0 fully saturated rings. The molecule has 1 atom stereocenters. The van der Waals surface area contributed by atoms with Crippen LogP contribution < -0.4 is 5.32 Å². The van der Waals surface area contributed by atoms with Gasteiger partial charge in [0.1, 0.15) is 12.6 Å². The van der Waals surface area contributed by atoms with Gasteiger partial charge in [-0.05, 0) is 17.7 Å². The number of methoxy groups -OCH3 is 1. The molecule has 0 bridgehead atoms. The molecule has 0 aliphatic rings. The largest absolute Gasteiger partial charge is 0.467 e. The molecule has 0 unspecified atom stereocenters. The molecule has 3 aromatic rings. The van der Waals surface area contributed by atoms with E-state index in [1.165, 1.54) is 7.11 Å². The number of esters is 1. The van der Waals surface area contributed by atoms with Gasteiger partial charge in [-0.3, -0.25) is 0 Å². The summed E-state index contributed by atoms with van der Waals surface area (Å²) in [4.78, 5) is 28.5. The molecule has 0 aliphatic heterocycles. The summed E-state index contributed by atoms with van der Waals surface area (Å²) in [5, 5.41) is 2.55. The zero-order valence-corrected chi connectivity index (χ0v) is 15.4. The van der Waals surface area contributed by atoms with Crippen LogP contribution in [0.1, 0.15) is 11.3 Å². The molecule has 3 rings (SSSR count). The van der Waals surface area contributed by atoms with Gasteiger partial charge in [0.05, 0.1) is 19.1 Å². The number of ether oxygens (including phenoxy) is 2. The fourth-order valence-electron chi connectivity index (χ4n) is 2.66. The fraction of sp³-hybridized carbons (Fsp3) is 0.190. The van der Waals surface area contributed by atoms with E-state index in [4.69, 9.17) is 9.47 Å². The van der Waals surface area contributed by atoms with E-state index >= 15 is 0 Å². The average Bonchev–Trinajstić information content (AvgIpc) is 3.21. The molecule has 1 amide bonds. The smallest absolute Gasteiger partial charge is 0.408 e. The summed E-state index contributed by atoms with van der Waals surface area (Å²) in [6, 6.07) is 18.1. The number of hydrogen-bond acceptors (Lipinski definition) is 5. The fourth-order valence-corrected chi connectivity index (χ4v) is 2.66. The van der Waals surface area contributed by atoms with E-state index in [2.05, 4.69) is 10.3 Å². The van der Waals surface area contributed by atoms with Crippen LogP contribution >= 0.6 is 0 Å². The highest BCUT2D eigenvalue weighted by Gasteiger charge is 2.24. The van der Waals surface area contributed by atoms with Crippen molar-refractivity contribution in [3.05, 3.63) is 84.4 Å². The minimum absolute atomic E-state index is 0.114. The second-order valence-electron chi connectivity index (χ2n) is 6.09. The lowest BCUT2D eigenvalue weighted by Gasteiger charge is -2.15. The zero-order chi connectivity index (χ0) is 19.8. The lowest BCUT2D eigenvalue weighted by molar-refractivity contribution is -0.143. The number of imidazole rings is 1. The van der Waals surface area contributed by atoms with Crippen LogP contribution in [0, 0.1) is 0 Å². The number of rotatable bonds is 7. The Balaban J connectivity index is 1.61. The van der Waals surface area contributed by atoms with E-state index < -0.39 is 18.1 Å². The molecular formula is C21H21N3O4. The predicted octanol–water partition coefficient (Wildman–Crippen LogP) is 2.88. The van der Waals surface area contributed by atoms with E-state index in [0.29, 0.717) is 5.69 Å². The van der Waals surface area contributed by atoms with E-state index in [1.54, 1.807) is 6.33 Å². The highest BCUT2D eigenvalue weighted by atomic mass is 16.6. The number of carbonyl (C=O) groups excluding carboxylic acids is 2. The van der Waals surface area contributed by atoms with Crippen LogP contribution in [0.25, 0.3) is 5.69 Å². The molecule has 7 nitrogen and oxygen atoms in total. The Morgan fingerprint density at radius 3 is 2.43 bits per heavy atom. The predicted molar refractivity (Wildman–Crippen MR) is 103 cm³/mol. The third-order valence-corrected chi connectivity index (χ3v) is 4.09. The number of nitrogens with one attached hydrogen (secondary N) is 1. The molecule has 28 heavy (non-hydrogen) atoms. The monoisotopic (exact) mass is 379 g/mol. The summed E-state index contributed by atoms with van der Waals surface area (Å²) in [6.45, 7) is 0.114. The number of aromatic nitrogens is 2. The molecule has 0 spiro atoms. The molecule has 1 aromatic heterocycles. The minimum atomic E-state index is -0.896.